The van der Waals surface area contributed by atoms with Crippen LogP contribution in [0, 0.1) is 0 Å². The first kappa shape index (κ1) is 23.9. The first-order valence-electron chi connectivity index (χ1n) is 10.3. The number of nitrogens with one attached hydrogen (secondary N) is 3. The van der Waals surface area contributed by atoms with Crippen molar-refractivity contribution in [3.05, 3.63) is 36.8 Å². The number of aromatic amines is 1. The number of carbonyl (C=O) groups is 1. The van der Waals surface area contributed by atoms with Gasteiger partial charge < -0.3 is 15.6 Å². The highest BCUT2D eigenvalue weighted by atomic mass is 32.2. The molecule has 0 aliphatic carbocycles. The van der Waals surface area contributed by atoms with Crippen LogP contribution in [0.25, 0.3) is 22.4 Å². The van der Waals surface area contributed by atoms with Crippen molar-refractivity contribution in [2.24, 2.45) is 0 Å². The number of pyridine rings is 1. The van der Waals surface area contributed by atoms with Crippen molar-refractivity contribution < 1.29 is 26.4 Å². The molecule has 4 rings (SSSR count). The second-order valence-corrected chi connectivity index (χ2v) is 10.0. The molecule has 0 bridgehead atoms. The lowest BCUT2D eigenvalue weighted by atomic mass is 9.87. The molecule has 14 heteroatoms. The fourth-order valence-corrected chi connectivity index (χ4v) is 4.75. The number of halogens is 3. The lowest BCUT2D eigenvalue weighted by molar-refractivity contribution is -0.141. The van der Waals surface area contributed by atoms with Crippen LogP contribution in [0.5, 0.6) is 0 Å². The number of rotatable bonds is 6. The summed E-state index contributed by atoms with van der Waals surface area (Å²) in [5.41, 5.74) is -0.190. The Kier molecular flexibility index (Phi) is 6.20. The Morgan fingerprint density at radius 1 is 1.21 bits per heavy atom. The van der Waals surface area contributed by atoms with Gasteiger partial charge in [0.05, 0.1) is 6.26 Å². The Bertz CT molecular complexity index is 1300. The number of hydrogen-bond donors (Lipinski definition) is 3. The lowest BCUT2D eigenvalue weighted by Gasteiger charge is -2.40. The van der Waals surface area contributed by atoms with Gasteiger partial charge >= 0.3 is 6.18 Å². The SMILES string of the molecule is CS(=O)(=O)N1CCC(Nc2ccnc(-c3c[nH]c4ncccc34)n2)(C(=O)NCC(F)(F)F)CC1. The van der Waals surface area contributed by atoms with Gasteiger partial charge in [-0.2, -0.15) is 13.2 Å². The van der Waals surface area contributed by atoms with Crippen molar-refractivity contribution in [3.8, 4) is 11.4 Å². The monoisotopic (exact) mass is 497 g/mol. The van der Waals surface area contributed by atoms with Gasteiger partial charge in [-0.15, -0.1) is 0 Å². The van der Waals surface area contributed by atoms with E-state index in [9.17, 15) is 26.4 Å². The zero-order valence-corrected chi connectivity index (χ0v) is 18.9. The van der Waals surface area contributed by atoms with Crippen molar-refractivity contribution in [2.75, 3.05) is 31.2 Å². The molecule has 1 saturated heterocycles. The molecule has 10 nitrogen and oxygen atoms in total. The normalized spacial score (nSPS) is 16.9. The van der Waals surface area contributed by atoms with Gasteiger partial charge in [-0.25, -0.2) is 27.7 Å². The van der Waals surface area contributed by atoms with Gasteiger partial charge in [-0.1, -0.05) is 0 Å². The third-order valence-electron chi connectivity index (χ3n) is 5.64. The van der Waals surface area contributed by atoms with E-state index in [0.717, 1.165) is 11.6 Å². The quantitative estimate of drug-likeness (QED) is 0.474. The van der Waals surface area contributed by atoms with E-state index < -0.39 is 34.2 Å². The third-order valence-corrected chi connectivity index (χ3v) is 6.95. The molecular weight excluding hydrogens is 475 g/mol. The van der Waals surface area contributed by atoms with Gasteiger partial charge in [0.1, 0.15) is 23.5 Å². The Labute approximate surface area is 193 Å². The fourth-order valence-electron chi connectivity index (χ4n) is 3.90. The molecule has 0 spiro atoms. The zero-order valence-electron chi connectivity index (χ0n) is 18.1. The molecule has 3 aromatic heterocycles. The van der Waals surface area contributed by atoms with Gasteiger partial charge in [0, 0.05) is 42.6 Å². The minimum Gasteiger partial charge on any atom is -0.356 e. The van der Waals surface area contributed by atoms with Crippen LogP contribution < -0.4 is 10.6 Å². The van der Waals surface area contributed by atoms with Gasteiger partial charge in [-0.3, -0.25) is 4.79 Å². The maximum absolute atomic E-state index is 12.9. The molecule has 0 radical (unpaired) electrons. The average Bonchev–Trinajstić information content (AvgIpc) is 3.21. The van der Waals surface area contributed by atoms with E-state index in [1.165, 1.54) is 16.6 Å². The Balaban J connectivity index is 1.63. The molecular formula is C20H22F3N7O3S. The first-order valence-corrected chi connectivity index (χ1v) is 12.2. The highest BCUT2D eigenvalue weighted by molar-refractivity contribution is 7.88. The fraction of sp³-hybridized carbons (Fsp3) is 0.400. The van der Waals surface area contributed by atoms with E-state index in [1.807, 2.05) is 11.4 Å². The summed E-state index contributed by atoms with van der Waals surface area (Å²) in [6.45, 7) is -1.56. The van der Waals surface area contributed by atoms with Crippen LogP contribution in [0.15, 0.2) is 36.8 Å². The van der Waals surface area contributed by atoms with Crippen molar-refractivity contribution >= 4 is 32.8 Å². The topological polar surface area (TPSA) is 133 Å². The number of H-pyrrole nitrogens is 1. The molecule has 1 fully saturated rings. The molecule has 1 aliphatic rings. The summed E-state index contributed by atoms with van der Waals surface area (Å²) in [7, 11) is -3.51. The zero-order chi connectivity index (χ0) is 24.6. The molecule has 1 amide bonds. The predicted molar refractivity (Wildman–Crippen MR) is 118 cm³/mol. The summed E-state index contributed by atoms with van der Waals surface area (Å²) in [5.74, 6) is -0.337. The van der Waals surface area contributed by atoms with Gasteiger partial charge in [0.2, 0.25) is 15.9 Å². The predicted octanol–water partition coefficient (Wildman–Crippen LogP) is 1.90. The molecule has 1 aliphatic heterocycles. The van der Waals surface area contributed by atoms with E-state index in [2.05, 4.69) is 25.3 Å². The number of piperidine rings is 1. The minimum absolute atomic E-state index is 0.0304. The van der Waals surface area contributed by atoms with Crippen LogP contribution in [0.3, 0.4) is 0 Å². The largest absolute Gasteiger partial charge is 0.405 e. The molecule has 34 heavy (non-hydrogen) atoms. The van der Waals surface area contributed by atoms with Gasteiger partial charge in [0.25, 0.3) is 0 Å². The Hall–Kier alpha value is -3.26. The minimum atomic E-state index is -4.59. The standard InChI is InChI=1S/C20H22F3N7O3S/c1-34(32,33)30-9-5-19(6-10-30,18(31)27-12-20(21,22)23)29-15-4-8-25-17(28-15)14-11-26-16-13(14)3-2-7-24-16/h2-4,7-8,11H,5-6,9-10,12H2,1H3,(H,24,26)(H,27,31)(H,25,28,29). The van der Waals surface area contributed by atoms with Crippen LogP contribution in [0.4, 0.5) is 19.0 Å². The molecule has 0 atom stereocenters. The number of carbonyl (C=O) groups excluding carboxylic acids is 1. The summed E-state index contributed by atoms with van der Waals surface area (Å²) in [5, 5.41) is 5.67. The van der Waals surface area contributed by atoms with E-state index in [-0.39, 0.29) is 31.7 Å². The summed E-state index contributed by atoms with van der Waals surface area (Å²) < 4.78 is 63.2. The highest BCUT2D eigenvalue weighted by Gasteiger charge is 2.44. The van der Waals surface area contributed by atoms with E-state index in [1.54, 1.807) is 18.5 Å². The molecule has 3 N–H and O–H groups in total. The molecule has 0 saturated carbocycles. The molecule has 0 aromatic carbocycles. The van der Waals surface area contributed by atoms with Crippen molar-refractivity contribution in [1.82, 2.24) is 29.6 Å². The average molecular weight is 498 g/mol. The highest BCUT2D eigenvalue weighted by Crippen LogP contribution is 2.30. The summed E-state index contributed by atoms with van der Waals surface area (Å²) in [6, 6.07) is 5.10. The molecule has 3 aromatic rings. The van der Waals surface area contributed by atoms with Crippen LogP contribution in [0.1, 0.15) is 12.8 Å². The maximum Gasteiger partial charge on any atom is 0.405 e. The van der Waals surface area contributed by atoms with E-state index >= 15 is 0 Å². The number of alkyl halides is 3. The maximum atomic E-state index is 12.9. The Morgan fingerprint density at radius 3 is 2.62 bits per heavy atom. The smallest absolute Gasteiger partial charge is 0.356 e. The van der Waals surface area contributed by atoms with Crippen LogP contribution >= 0.6 is 0 Å². The van der Waals surface area contributed by atoms with Crippen LogP contribution in [-0.4, -0.2) is 76.2 Å². The lowest BCUT2D eigenvalue weighted by Crippen LogP contribution is -2.59. The van der Waals surface area contributed by atoms with Crippen LogP contribution in [0.2, 0.25) is 0 Å². The first-order chi connectivity index (χ1) is 16.0. The molecule has 4 heterocycles. The number of amides is 1. The third kappa shape index (κ3) is 5.12. The van der Waals surface area contributed by atoms with Crippen molar-refractivity contribution in [3.63, 3.8) is 0 Å². The molecule has 182 valence electrons. The number of hydrogen-bond acceptors (Lipinski definition) is 7. The Morgan fingerprint density at radius 2 is 1.94 bits per heavy atom. The second-order valence-electron chi connectivity index (χ2n) is 8.03. The summed E-state index contributed by atoms with van der Waals surface area (Å²) >= 11 is 0. The number of aromatic nitrogens is 4. The van der Waals surface area contributed by atoms with E-state index in [4.69, 9.17) is 0 Å². The second kappa shape index (κ2) is 8.83. The van der Waals surface area contributed by atoms with Gasteiger partial charge in [0.15, 0.2) is 5.82 Å². The van der Waals surface area contributed by atoms with E-state index in [0.29, 0.717) is 17.0 Å². The van der Waals surface area contributed by atoms with Gasteiger partial charge in [-0.05, 0) is 31.0 Å². The number of fused-ring (bicyclic) bond motifs is 1. The molecule has 0 unspecified atom stereocenters. The van der Waals surface area contributed by atoms with Crippen molar-refractivity contribution in [2.45, 2.75) is 24.6 Å². The number of sulfonamides is 1. The van der Waals surface area contributed by atoms with Crippen molar-refractivity contribution in [1.29, 1.82) is 0 Å². The summed E-state index contributed by atoms with van der Waals surface area (Å²) in [4.78, 5) is 28.9. The number of anilines is 1. The number of nitrogens with zero attached hydrogens (tertiary/aromatic N) is 4. The van der Waals surface area contributed by atoms with Crippen LogP contribution in [-0.2, 0) is 14.8 Å². The summed E-state index contributed by atoms with van der Waals surface area (Å²) in [6.07, 6.45) is 1.16.